The molecule has 19 heavy (non-hydrogen) atoms. The summed E-state index contributed by atoms with van der Waals surface area (Å²) in [6.07, 6.45) is 4.64. The fraction of sp³-hybridized carbons (Fsp3) is 0.462. The van der Waals surface area contributed by atoms with Crippen LogP contribution < -0.4 is 5.32 Å². The summed E-state index contributed by atoms with van der Waals surface area (Å²) in [7, 11) is 0. The predicted molar refractivity (Wildman–Crippen MR) is 65.7 cm³/mol. The Kier molecular flexibility index (Phi) is 2.73. The number of hydrogen-bond donors (Lipinski definition) is 1. The first kappa shape index (κ1) is 12.1. The molecule has 5 nitrogen and oxygen atoms in total. The first-order chi connectivity index (χ1) is 9.12. The molecule has 2 amide bonds. The van der Waals surface area contributed by atoms with Crippen LogP contribution in [-0.2, 0) is 9.59 Å². The standard InChI is InChI=1S/C13H14FN3O2/c14-9-1-2-11(15-6-9)16-12(19)10-5-13(3-4-13)7-17(10)8-18/h1-2,6,8,10H,3-5,7H2,(H,15,16,19). The molecule has 1 saturated carbocycles. The van der Waals surface area contributed by atoms with E-state index in [1.165, 1.54) is 12.1 Å². The lowest BCUT2D eigenvalue weighted by Gasteiger charge is -2.18. The summed E-state index contributed by atoms with van der Waals surface area (Å²) in [4.78, 5) is 28.5. The molecule has 1 unspecified atom stereocenters. The Hall–Kier alpha value is -1.98. The van der Waals surface area contributed by atoms with E-state index in [0.717, 1.165) is 25.4 Å². The molecule has 1 spiro atoms. The highest BCUT2D eigenvalue weighted by atomic mass is 19.1. The highest BCUT2D eigenvalue weighted by Crippen LogP contribution is 2.54. The van der Waals surface area contributed by atoms with Gasteiger partial charge in [0.25, 0.3) is 0 Å². The lowest BCUT2D eigenvalue weighted by atomic mass is 10.0. The van der Waals surface area contributed by atoms with E-state index in [9.17, 15) is 14.0 Å². The van der Waals surface area contributed by atoms with Gasteiger partial charge < -0.3 is 10.2 Å². The Morgan fingerprint density at radius 1 is 1.53 bits per heavy atom. The predicted octanol–water partition coefficient (Wildman–Crippen LogP) is 1.17. The molecule has 1 aromatic heterocycles. The third-order valence-corrected chi connectivity index (χ3v) is 3.92. The smallest absolute Gasteiger partial charge is 0.248 e. The monoisotopic (exact) mass is 263 g/mol. The molecule has 0 bridgehead atoms. The molecule has 1 N–H and O–H groups in total. The van der Waals surface area contributed by atoms with Crippen LogP contribution in [0.4, 0.5) is 10.2 Å². The normalized spacial score (nSPS) is 23.4. The van der Waals surface area contributed by atoms with Gasteiger partial charge in [-0.15, -0.1) is 0 Å². The van der Waals surface area contributed by atoms with E-state index in [-0.39, 0.29) is 11.3 Å². The Labute approximate surface area is 109 Å². The summed E-state index contributed by atoms with van der Waals surface area (Å²) in [6.45, 7) is 0.658. The number of carbonyl (C=O) groups is 2. The Morgan fingerprint density at radius 2 is 2.32 bits per heavy atom. The van der Waals surface area contributed by atoms with Gasteiger partial charge in [-0.3, -0.25) is 9.59 Å². The Balaban J connectivity index is 1.69. The van der Waals surface area contributed by atoms with Crippen molar-refractivity contribution in [2.45, 2.75) is 25.3 Å². The molecule has 1 aliphatic carbocycles. The molecule has 1 aromatic rings. The molecule has 0 radical (unpaired) electrons. The first-order valence-electron chi connectivity index (χ1n) is 6.25. The molecule has 2 aliphatic rings. The lowest BCUT2D eigenvalue weighted by molar-refractivity contribution is -0.127. The molecular formula is C13H14FN3O2. The van der Waals surface area contributed by atoms with Crippen LogP contribution in [-0.4, -0.2) is 34.8 Å². The summed E-state index contributed by atoms with van der Waals surface area (Å²) in [5.41, 5.74) is 0.166. The zero-order valence-corrected chi connectivity index (χ0v) is 10.3. The van der Waals surface area contributed by atoms with Crippen molar-refractivity contribution >= 4 is 18.1 Å². The average Bonchev–Trinajstić information content (AvgIpc) is 3.04. The van der Waals surface area contributed by atoms with E-state index >= 15 is 0 Å². The fourth-order valence-corrected chi connectivity index (χ4v) is 2.64. The number of likely N-dealkylation sites (tertiary alicyclic amines) is 1. The van der Waals surface area contributed by atoms with Gasteiger partial charge in [0.1, 0.15) is 17.7 Å². The summed E-state index contributed by atoms with van der Waals surface area (Å²) in [5, 5.41) is 2.62. The van der Waals surface area contributed by atoms with E-state index in [2.05, 4.69) is 10.3 Å². The lowest BCUT2D eigenvalue weighted by Crippen LogP contribution is -2.38. The zero-order chi connectivity index (χ0) is 13.5. The zero-order valence-electron chi connectivity index (χ0n) is 10.3. The van der Waals surface area contributed by atoms with Crippen molar-refractivity contribution in [2.75, 3.05) is 11.9 Å². The van der Waals surface area contributed by atoms with E-state index in [0.29, 0.717) is 18.8 Å². The van der Waals surface area contributed by atoms with Crippen LogP contribution in [0.15, 0.2) is 18.3 Å². The van der Waals surface area contributed by atoms with Gasteiger partial charge in [0.2, 0.25) is 12.3 Å². The van der Waals surface area contributed by atoms with E-state index in [1.54, 1.807) is 4.90 Å². The Bertz CT molecular complexity index is 513. The van der Waals surface area contributed by atoms with Crippen molar-refractivity contribution < 1.29 is 14.0 Å². The van der Waals surface area contributed by atoms with Crippen LogP contribution in [0.3, 0.4) is 0 Å². The number of hydrogen-bond acceptors (Lipinski definition) is 3. The number of carbonyl (C=O) groups excluding carboxylic acids is 2. The molecule has 6 heteroatoms. The van der Waals surface area contributed by atoms with Crippen molar-refractivity contribution in [3.63, 3.8) is 0 Å². The molecule has 2 heterocycles. The van der Waals surface area contributed by atoms with Crippen molar-refractivity contribution in [2.24, 2.45) is 5.41 Å². The van der Waals surface area contributed by atoms with Crippen LogP contribution in [0.5, 0.6) is 0 Å². The largest absolute Gasteiger partial charge is 0.333 e. The first-order valence-corrected chi connectivity index (χ1v) is 6.25. The fourth-order valence-electron chi connectivity index (χ4n) is 2.64. The van der Waals surface area contributed by atoms with Crippen LogP contribution in [0.25, 0.3) is 0 Å². The maximum absolute atomic E-state index is 12.7. The summed E-state index contributed by atoms with van der Waals surface area (Å²) in [5.74, 6) is -0.408. The van der Waals surface area contributed by atoms with E-state index in [1.807, 2.05) is 0 Å². The molecule has 2 fully saturated rings. The van der Waals surface area contributed by atoms with Gasteiger partial charge in [0.05, 0.1) is 6.20 Å². The second-order valence-corrected chi connectivity index (χ2v) is 5.35. The minimum absolute atomic E-state index is 0.166. The number of rotatable bonds is 3. The SMILES string of the molecule is O=CN1CC2(CC2)CC1C(=O)Nc1ccc(F)cn1. The number of halogens is 1. The minimum atomic E-state index is -0.453. The highest BCUT2D eigenvalue weighted by Gasteiger charge is 2.53. The molecule has 1 saturated heterocycles. The number of pyridine rings is 1. The topological polar surface area (TPSA) is 62.3 Å². The quantitative estimate of drug-likeness (QED) is 0.833. The van der Waals surface area contributed by atoms with Crippen LogP contribution >= 0.6 is 0 Å². The van der Waals surface area contributed by atoms with Gasteiger partial charge in [0.15, 0.2) is 0 Å². The van der Waals surface area contributed by atoms with Gasteiger partial charge in [0, 0.05) is 6.54 Å². The number of anilines is 1. The van der Waals surface area contributed by atoms with Crippen LogP contribution in [0, 0.1) is 11.2 Å². The summed E-state index contributed by atoms with van der Waals surface area (Å²) < 4.78 is 12.7. The van der Waals surface area contributed by atoms with Gasteiger partial charge in [-0.25, -0.2) is 9.37 Å². The average molecular weight is 263 g/mol. The van der Waals surface area contributed by atoms with Crippen molar-refractivity contribution in [3.05, 3.63) is 24.1 Å². The summed E-state index contributed by atoms with van der Waals surface area (Å²) >= 11 is 0. The molecule has 3 rings (SSSR count). The van der Waals surface area contributed by atoms with Crippen LogP contribution in [0.2, 0.25) is 0 Å². The number of aromatic nitrogens is 1. The van der Waals surface area contributed by atoms with Crippen molar-refractivity contribution in [3.8, 4) is 0 Å². The maximum atomic E-state index is 12.7. The maximum Gasteiger partial charge on any atom is 0.248 e. The van der Waals surface area contributed by atoms with Gasteiger partial charge in [-0.2, -0.15) is 0 Å². The number of amides is 2. The van der Waals surface area contributed by atoms with Crippen molar-refractivity contribution in [1.82, 2.24) is 9.88 Å². The number of nitrogens with one attached hydrogen (secondary N) is 1. The van der Waals surface area contributed by atoms with Gasteiger partial charge in [-0.05, 0) is 36.8 Å². The minimum Gasteiger partial charge on any atom is -0.333 e. The van der Waals surface area contributed by atoms with Crippen molar-refractivity contribution in [1.29, 1.82) is 0 Å². The van der Waals surface area contributed by atoms with Gasteiger partial charge in [-0.1, -0.05) is 0 Å². The highest BCUT2D eigenvalue weighted by molar-refractivity contribution is 5.95. The molecule has 1 atom stereocenters. The molecular weight excluding hydrogens is 249 g/mol. The van der Waals surface area contributed by atoms with Gasteiger partial charge >= 0.3 is 0 Å². The second-order valence-electron chi connectivity index (χ2n) is 5.35. The third-order valence-electron chi connectivity index (χ3n) is 3.92. The van der Waals surface area contributed by atoms with E-state index < -0.39 is 11.9 Å². The Morgan fingerprint density at radius 3 is 2.89 bits per heavy atom. The molecule has 0 aromatic carbocycles. The third kappa shape index (κ3) is 2.30. The number of nitrogens with zero attached hydrogens (tertiary/aromatic N) is 2. The molecule has 100 valence electrons. The van der Waals surface area contributed by atoms with E-state index in [4.69, 9.17) is 0 Å². The molecule has 1 aliphatic heterocycles. The second kappa shape index (κ2) is 4.29. The van der Waals surface area contributed by atoms with Crippen LogP contribution in [0.1, 0.15) is 19.3 Å². The summed E-state index contributed by atoms with van der Waals surface area (Å²) in [6, 6.07) is 2.20.